The lowest BCUT2D eigenvalue weighted by atomic mass is 9.96. The van der Waals surface area contributed by atoms with E-state index in [1.807, 2.05) is 18.2 Å². The maximum absolute atomic E-state index is 11.1. The van der Waals surface area contributed by atoms with Gasteiger partial charge in [0.1, 0.15) is 0 Å². The Morgan fingerprint density at radius 1 is 1.19 bits per heavy atom. The summed E-state index contributed by atoms with van der Waals surface area (Å²) in [5.41, 5.74) is 6.57. The Morgan fingerprint density at radius 2 is 1.90 bits per heavy atom. The van der Waals surface area contributed by atoms with Crippen molar-refractivity contribution in [3.05, 3.63) is 35.9 Å². The first-order chi connectivity index (χ1) is 10.3. The highest BCUT2D eigenvalue weighted by Gasteiger charge is 2.22. The molecule has 0 radical (unpaired) electrons. The van der Waals surface area contributed by atoms with Gasteiger partial charge in [-0.05, 0) is 50.9 Å². The van der Waals surface area contributed by atoms with Crippen molar-refractivity contribution < 1.29 is 9.53 Å². The van der Waals surface area contributed by atoms with E-state index in [9.17, 15) is 4.79 Å². The predicted molar refractivity (Wildman–Crippen MR) is 83.7 cm³/mol. The summed E-state index contributed by atoms with van der Waals surface area (Å²) >= 11 is 0. The molecule has 1 aliphatic heterocycles. The molecular formula is C17H26N2O2. The van der Waals surface area contributed by atoms with Crippen LogP contribution in [-0.2, 0) is 16.1 Å². The Bertz CT molecular complexity index is 414. The number of primary amides is 1. The Morgan fingerprint density at radius 3 is 2.57 bits per heavy atom. The molecule has 0 bridgehead atoms. The lowest BCUT2D eigenvalue weighted by molar-refractivity contribution is -0.123. The molecule has 116 valence electrons. The molecule has 2 N–H and O–H groups in total. The summed E-state index contributed by atoms with van der Waals surface area (Å²) in [6.07, 6.45) is 4.07. The lowest BCUT2D eigenvalue weighted by Crippen LogP contribution is -2.38. The topological polar surface area (TPSA) is 55.6 Å². The second kappa shape index (κ2) is 8.80. The highest BCUT2D eigenvalue weighted by molar-refractivity contribution is 5.76. The fourth-order valence-corrected chi connectivity index (χ4v) is 2.74. The van der Waals surface area contributed by atoms with Gasteiger partial charge in [0.05, 0.1) is 6.61 Å². The average molecular weight is 290 g/mol. The van der Waals surface area contributed by atoms with Crippen molar-refractivity contribution in [3.8, 4) is 0 Å². The number of amides is 1. The van der Waals surface area contributed by atoms with Crippen LogP contribution >= 0.6 is 0 Å². The summed E-state index contributed by atoms with van der Waals surface area (Å²) in [4.78, 5) is 13.5. The number of likely N-dealkylation sites (tertiary alicyclic amines) is 1. The minimum atomic E-state index is -0.135. The van der Waals surface area contributed by atoms with Crippen LogP contribution in [0.4, 0.5) is 0 Å². The molecule has 0 aromatic heterocycles. The lowest BCUT2D eigenvalue weighted by Gasteiger charge is -2.30. The summed E-state index contributed by atoms with van der Waals surface area (Å²) in [6, 6.07) is 10.3. The molecule has 2 rings (SSSR count). The number of benzene rings is 1. The van der Waals surface area contributed by atoms with Crippen LogP contribution in [0.15, 0.2) is 30.3 Å². The van der Waals surface area contributed by atoms with Crippen LogP contribution in [0.3, 0.4) is 0 Å². The van der Waals surface area contributed by atoms with Gasteiger partial charge in [0.25, 0.3) is 0 Å². The number of ether oxygens (including phenoxy) is 1. The van der Waals surface area contributed by atoms with E-state index in [2.05, 4.69) is 17.0 Å². The Labute approximate surface area is 127 Å². The van der Waals surface area contributed by atoms with Crippen molar-refractivity contribution in [3.63, 3.8) is 0 Å². The van der Waals surface area contributed by atoms with E-state index in [0.717, 1.165) is 51.9 Å². The van der Waals surface area contributed by atoms with Gasteiger partial charge in [-0.3, -0.25) is 4.79 Å². The summed E-state index contributed by atoms with van der Waals surface area (Å²) in [5, 5.41) is 0. The Kier molecular flexibility index (Phi) is 6.70. The van der Waals surface area contributed by atoms with E-state index < -0.39 is 0 Å². The Hall–Kier alpha value is -1.39. The molecule has 1 heterocycles. The largest absolute Gasteiger partial charge is 0.377 e. The van der Waals surface area contributed by atoms with E-state index in [0.29, 0.717) is 6.61 Å². The van der Waals surface area contributed by atoms with Gasteiger partial charge in [0.2, 0.25) is 5.91 Å². The minimum absolute atomic E-state index is 0.0930. The first-order valence-corrected chi connectivity index (χ1v) is 7.89. The van der Waals surface area contributed by atoms with Crippen LogP contribution in [0.5, 0.6) is 0 Å². The number of unbranched alkanes of at least 4 members (excludes halogenated alkanes) is 1. The third-order valence-corrected chi connectivity index (χ3v) is 4.11. The third-order valence-electron chi connectivity index (χ3n) is 4.11. The second-order valence-electron chi connectivity index (χ2n) is 5.76. The molecule has 0 atom stereocenters. The van der Waals surface area contributed by atoms with Gasteiger partial charge in [-0.1, -0.05) is 30.3 Å². The fourth-order valence-electron chi connectivity index (χ4n) is 2.74. The van der Waals surface area contributed by atoms with Gasteiger partial charge in [-0.25, -0.2) is 0 Å². The molecule has 1 aliphatic rings. The van der Waals surface area contributed by atoms with Crippen LogP contribution in [0.2, 0.25) is 0 Å². The standard InChI is InChI=1S/C17H26N2O2/c18-17(20)16-8-11-19(12-9-16)10-4-5-13-21-14-15-6-2-1-3-7-15/h1-3,6-7,16H,4-5,8-14H2,(H2,18,20). The quantitative estimate of drug-likeness (QED) is 0.747. The summed E-state index contributed by atoms with van der Waals surface area (Å²) in [5.74, 6) is -0.0422. The monoisotopic (exact) mass is 290 g/mol. The normalized spacial score (nSPS) is 17.0. The third kappa shape index (κ3) is 5.86. The average Bonchev–Trinajstić information content (AvgIpc) is 2.52. The molecule has 4 nitrogen and oxygen atoms in total. The second-order valence-corrected chi connectivity index (χ2v) is 5.76. The van der Waals surface area contributed by atoms with Crippen molar-refractivity contribution in [1.29, 1.82) is 0 Å². The number of piperidine rings is 1. The Balaban J connectivity index is 1.48. The number of carbonyl (C=O) groups is 1. The van der Waals surface area contributed by atoms with Crippen LogP contribution in [0, 0.1) is 5.92 Å². The summed E-state index contributed by atoms with van der Waals surface area (Å²) in [7, 11) is 0. The highest BCUT2D eigenvalue weighted by Crippen LogP contribution is 2.16. The van der Waals surface area contributed by atoms with Gasteiger partial charge < -0.3 is 15.4 Å². The van der Waals surface area contributed by atoms with E-state index in [4.69, 9.17) is 10.5 Å². The number of rotatable bonds is 8. The molecular weight excluding hydrogens is 264 g/mol. The predicted octanol–water partition coefficient (Wildman–Crippen LogP) is 2.18. The van der Waals surface area contributed by atoms with Gasteiger partial charge in [-0.15, -0.1) is 0 Å². The molecule has 1 fully saturated rings. The molecule has 0 spiro atoms. The SMILES string of the molecule is NC(=O)C1CCN(CCCCOCc2ccccc2)CC1. The first-order valence-electron chi connectivity index (χ1n) is 7.89. The number of carbonyl (C=O) groups excluding carboxylic acids is 1. The van der Waals surface area contributed by atoms with Crippen molar-refractivity contribution in [1.82, 2.24) is 4.90 Å². The number of hydrogen-bond acceptors (Lipinski definition) is 3. The molecule has 1 aromatic rings. The fraction of sp³-hybridized carbons (Fsp3) is 0.588. The molecule has 4 heteroatoms. The molecule has 1 saturated heterocycles. The zero-order chi connectivity index (χ0) is 14.9. The van der Waals surface area contributed by atoms with Crippen LogP contribution in [-0.4, -0.2) is 37.0 Å². The van der Waals surface area contributed by atoms with E-state index in [-0.39, 0.29) is 11.8 Å². The van der Waals surface area contributed by atoms with Gasteiger partial charge in [0, 0.05) is 12.5 Å². The molecule has 1 amide bonds. The van der Waals surface area contributed by atoms with Gasteiger partial charge in [0.15, 0.2) is 0 Å². The first kappa shape index (κ1) is 16.0. The molecule has 0 unspecified atom stereocenters. The van der Waals surface area contributed by atoms with Crippen molar-refractivity contribution >= 4 is 5.91 Å². The summed E-state index contributed by atoms with van der Waals surface area (Å²) in [6.45, 7) is 4.61. The number of nitrogens with two attached hydrogens (primary N) is 1. The van der Waals surface area contributed by atoms with Crippen molar-refractivity contribution in [2.45, 2.75) is 32.3 Å². The van der Waals surface area contributed by atoms with Crippen molar-refractivity contribution in [2.24, 2.45) is 11.7 Å². The molecule has 0 aliphatic carbocycles. The van der Waals surface area contributed by atoms with E-state index in [1.165, 1.54) is 5.56 Å². The van der Waals surface area contributed by atoms with Gasteiger partial charge in [-0.2, -0.15) is 0 Å². The molecule has 1 aromatic carbocycles. The highest BCUT2D eigenvalue weighted by atomic mass is 16.5. The van der Waals surface area contributed by atoms with Crippen LogP contribution in [0.1, 0.15) is 31.2 Å². The smallest absolute Gasteiger partial charge is 0.220 e. The van der Waals surface area contributed by atoms with Crippen LogP contribution < -0.4 is 5.73 Å². The van der Waals surface area contributed by atoms with Crippen molar-refractivity contribution in [2.75, 3.05) is 26.2 Å². The molecule has 0 saturated carbocycles. The zero-order valence-corrected chi connectivity index (χ0v) is 12.7. The zero-order valence-electron chi connectivity index (χ0n) is 12.7. The maximum Gasteiger partial charge on any atom is 0.220 e. The summed E-state index contributed by atoms with van der Waals surface area (Å²) < 4.78 is 5.68. The van der Waals surface area contributed by atoms with Gasteiger partial charge >= 0.3 is 0 Å². The van der Waals surface area contributed by atoms with E-state index in [1.54, 1.807) is 0 Å². The molecule has 21 heavy (non-hydrogen) atoms. The van der Waals surface area contributed by atoms with Crippen LogP contribution in [0.25, 0.3) is 0 Å². The maximum atomic E-state index is 11.1. The van der Waals surface area contributed by atoms with E-state index >= 15 is 0 Å². The number of nitrogens with zero attached hydrogens (tertiary/aromatic N) is 1. The number of hydrogen-bond donors (Lipinski definition) is 1. The minimum Gasteiger partial charge on any atom is -0.377 e.